The Kier molecular flexibility index (Phi) is 5.62. The van der Waals surface area contributed by atoms with Gasteiger partial charge >= 0.3 is 0 Å². The van der Waals surface area contributed by atoms with Gasteiger partial charge in [-0.3, -0.25) is 0 Å². The number of hydrogen-bond donors (Lipinski definition) is 1. The lowest BCUT2D eigenvalue weighted by Gasteiger charge is -2.19. The Hall–Kier alpha value is -1.12. The topological polar surface area (TPSA) is 12.0 Å². The largest absolute Gasteiger partial charge is 0.310 e. The van der Waals surface area contributed by atoms with Gasteiger partial charge in [-0.15, -0.1) is 0 Å². The molecule has 19 heavy (non-hydrogen) atoms. The van der Waals surface area contributed by atoms with Gasteiger partial charge in [0.25, 0.3) is 0 Å². The van der Waals surface area contributed by atoms with E-state index in [-0.39, 0.29) is 0 Å². The van der Waals surface area contributed by atoms with Gasteiger partial charge in [-0.05, 0) is 60.7 Å². The molecule has 1 nitrogen and oxygen atoms in total. The van der Waals surface area contributed by atoms with Gasteiger partial charge in [0.15, 0.2) is 0 Å². The molecule has 0 bridgehead atoms. The lowest BCUT2D eigenvalue weighted by Crippen LogP contribution is -2.22. The van der Waals surface area contributed by atoms with Crippen LogP contribution in [0, 0.1) is 6.92 Å². The maximum Gasteiger partial charge on any atom is 0.0323 e. The molecular formula is C17H23NS. The molecule has 1 N–H and O–H groups in total. The van der Waals surface area contributed by atoms with Crippen LogP contribution in [-0.4, -0.2) is 6.54 Å². The van der Waals surface area contributed by atoms with Crippen molar-refractivity contribution in [3.63, 3.8) is 0 Å². The summed E-state index contributed by atoms with van der Waals surface area (Å²) in [5.74, 6) is 0. The highest BCUT2D eigenvalue weighted by atomic mass is 32.1. The summed E-state index contributed by atoms with van der Waals surface area (Å²) in [4.78, 5) is 0. The number of rotatable bonds is 7. The fourth-order valence-corrected chi connectivity index (χ4v) is 3.04. The predicted molar refractivity (Wildman–Crippen MR) is 84.9 cm³/mol. The van der Waals surface area contributed by atoms with Gasteiger partial charge in [0.1, 0.15) is 0 Å². The number of aryl methyl sites for hydroxylation is 2. The van der Waals surface area contributed by atoms with Gasteiger partial charge in [0.05, 0.1) is 0 Å². The Balaban J connectivity index is 2.02. The number of hydrogen-bond acceptors (Lipinski definition) is 2. The van der Waals surface area contributed by atoms with E-state index in [4.69, 9.17) is 0 Å². The molecule has 2 aromatic rings. The number of benzene rings is 1. The van der Waals surface area contributed by atoms with Gasteiger partial charge < -0.3 is 5.32 Å². The third kappa shape index (κ3) is 4.48. The van der Waals surface area contributed by atoms with Gasteiger partial charge in [-0.1, -0.05) is 36.8 Å². The van der Waals surface area contributed by atoms with E-state index < -0.39 is 0 Å². The third-order valence-electron chi connectivity index (χ3n) is 3.39. The van der Waals surface area contributed by atoms with E-state index in [0.29, 0.717) is 6.04 Å². The minimum Gasteiger partial charge on any atom is -0.310 e. The minimum absolute atomic E-state index is 0.472. The van der Waals surface area contributed by atoms with Crippen molar-refractivity contribution in [1.29, 1.82) is 0 Å². The van der Waals surface area contributed by atoms with Gasteiger partial charge in [-0.2, -0.15) is 11.3 Å². The normalized spacial score (nSPS) is 12.5. The lowest BCUT2D eigenvalue weighted by molar-refractivity contribution is 0.499. The van der Waals surface area contributed by atoms with Crippen molar-refractivity contribution in [2.24, 2.45) is 0 Å². The molecule has 0 aliphatic heterocycles. The van der Waals surface area contributed by atoms with Crippen LogP contribution in [0.5, 0.6) is 0 Å². The van der Waals surface area contributed by atoms with E-state index in [1.165, 1.54) is 29.5 Å². The first-order valence-corrected chi connectivity index (χ1v) is 8.05. The molecule has 1 atom stereocenters. The number of thiophene rings is 1. The highest BCUT2D eigenvalue weighted by Crippen LogP contribution is 2.21. The van der Waals surface area contributed by atoms with Crippen LogP contribution in [0.1, 0.15) is 42.5 Å². The Bertz CT molecular complexity index is 476. The molecule has 2 rings (SSSR count). The van der Waals surface area contributed by atoms with Crippen molar-refractivity contribution in [2.75, 3.05) is 6.54 Å². The zero-order valence-corrected chi connectivity index (χ0v) is 12.7. The van der Waals surface area contributed by atoms with E-state index in [0.717, 1.165) is 13.0 Å². The lowest BCUT2D eigenvalue weighted by atomic mass is 9.98. The van der Waals surface area contributed by atoms with Crippen LogP contribution in [0.15, 0.2) is 41.1 Å². The Labute approximate surface area is 120 Å². The summed E-state index contributed by atoms with van der Waals surface area (Å²) in [6.45, 7) is 5.47. The van der Waals surface area contributed by atoms with Gasteiger partial charge in [0, 0.05) is 6.04 Å². The summed E-state index contributed by atoms with van der Waals surface area (Å²) in [7, 11) is 0. The Morgan fingerprint density at radius 1 is 1.26 bits per heavy atom. The monoisotopic (exact) mass is 273 g/mol. The summed E-state index contributed by atoms with van der Waals surface area (Å²) >= 11 is 1.79. The van der Waals surface area contributed by atoms with Crippen LogP contribution in [0.25, 0.3) is 0 Å². The average molecular weight is 273 g/mol. The van der Waals surface area contributed by atoms with Crippen molar-refractivity contribution < 1.29 is 0 Å². The molecule has 0 saturated carbocycles. The van der Waals surface area contributed by atoms with Crippen LogP contribution in [0.2, 0.25) is 0 Å². The van der Waals surface area contributed by atoms with Crippen LogP contribution >= 0.6 is 11.3 Å². The van der Waals surface area contributed by atoms with E-state index >= 15 is 0 Å². The summed E-state index contributed by atoms with van der Waals surface area (Å²) in [5.41, 5.74) is 4.22. The van der Waals surface area contributed by atoms with Crippen molar-refractivity contribution in [3.8, 4) is 0 Å². The highest BCUT2D eigenvalue weighted by molar-refractivity contribution is 7.07. The second-order valence-corrected chi connectivity index (χ2v) is 5.87. The number of nitrogens with one attached hydrogen (secondary N) is 1. The van der Waals surface area contributed by atoms with Crippen molar-refractivity contribution in [2.45, 2.75) is 39.2 Å². The van der Waals surface area contributed by atoms with Gasteiger partial charge in [0.2, 0.25) is 0 Å². The molecule has 0 spiro atoms. The summed E-state index contributed by atoms with van der Waals surface area (Å²) in [6, 6.07) is 11.6. The molecule has 0 aliphatic rings. The van der Waals surface area contributed by atoms with Crippen molar-refractivity contribution in [1.82, 2.24) is 5.32 Å². The van der Waals surface area contributed by atoms with Gasteiger partial charge in [-0.25, -0.2) is 0 Å². The van der Waals surface area contributed by atoms with Crippen molar-refractivity contribution >= 4 is 11.3 Å². The first kappa shape index (κ1) is 14.3. The Morgan fingerprint density at radius 2 is 2.16 bits per heavy atom. The molecule has 0 radical (unpaired) electrons. The smallest absolute Gasteiger partial charge is 0.0323 e. The van der Waals surface area contributed by atoms with E-state index in [1.54, 1.807) is 11.3 Å². The first-order valence-electron chi connectivity index (χ1n) is 7.10. The maximum atomic E-state index is 3.68. The first-order chi connectivity index (χ1) is 9.29. The summed E-state index contributed by atoms with van der Waals surface area (Å²) in [5, 5.41) is 8.10. The summed E-state index contributed by atoms with van der Waals surface area (Å²) < 4.78 is 0. The Morgan fingerprint density at radius 3 is 2.84 bits per heavy atom. The molecule has 2 heteroatoms. The molecule has 0 amide bonds. The zero-order chi connectivity index (χ0) is 13.5. The van der Waals surface area contributed by atoms with Crippen molar-refractivity contribution in [3.05, 3.63) is 57.8 Å². The van der Waals surface area contributed by atoms with Crippen LogP contribution in [-0.2, 0) is 6.42 Å². The van der Waals surface area contributed by atoms with E-state index in [1.807, 2.05) is 0 Å². The fraction of sp³-hybridized carbons (Fsp3) is 0.412. The minimum atomic E-state index is 0.472. The maximum absolute atomic E-state index is 3.68. The van der Waals surface area contributed by atoms with Crippen LogP contribution in [0.3, 0.4) is 0 Å². The summed E-state index contributed by atoms with van der Waals surface area (Å²) in [6.07, 6.45) is 3.50. The predicted octanol–water partition coefficient (Wildman–Crippen LogP) is 4.73. The third-order valence-corrected chi connectivity index (χ3v) is 4.12. The van der Waals surface area contributed by atoms with E-state index in [2.05, 4.69) is 60.3 Å². The molecule has 1 aromatic heterocycles. The molecular weight excluding hydrogens is 250 g/mol. The molecule has 0 saturated heterocycles. The fourth-order valence-electron chi connectivity index (χ4n) is 2.34. The molecule has 1 unspecified atom stereocenters. The second-order valence-electron chi connectivity index (χ2n) is 5.09. The highest BCUT2D eigenvalue weighted by Gasteiger charge is 2.10. The molecule has 1 heterocycles. The van der Waals surface area contributed by atoms with E-state index in [9.17, 15) is 0 Å². The van der Waals surface area contributed by atoms with Crippen LogP contribution in [0.4, 0.5) is 0 Å². The standard InChI is InChI=1S/C17H23NS/c1-3-10-18-17(8-7-15-9-11-19-13-15)16-6-4-5-14(2)12-16/h4-6,9,11-13,17-18H,3,7-8,10H2,1-2H3. The van der Waals surface area contributed by atoms with Crippen LogP contribution < -0.4 is 5.32 Å². The molecule has 102 valence electrons. The quantitative estimate of drug-likeness (QED) is 0.769. The molecule has 0 fully saturated rings. The molecule has 0 aliphatic carbocycles. The average Bonchev–Trinajstić information content (AvgIpc) is 2.92. The SMILES string of the molecule is CCCNC(CCc1ccsc1)c1cccc(C)c1. The second kappa shape index (κ2) is 7.46. The zero-order valence-electron chi connectivity index (χ0n) is 11.9. The molecule has 1 aromatic carbocycles.